The van der Waals surface area contributed by atoms with Crippen LogP contribution in [0.2, 0.25) is 0 Å². The first-order valence-electron chi connectivity index (χ1n) is 9.24. The molecule has 0 fully saturated rings. The summed E-state index contributed by atoms with van der Waals surface area (Å²) < 4.78 is 0. The van der Waals surface area contributed by atoms with Crippen LogP contribution in [0.15, 0.2) is 0 Å². The molecule has 22 heavy (non-hydrogen) atoms. The van der Waals surface area contributed by atoms with Crippen LogP contribution in [0.4, 0.5) is 0 Å². The molecule has 0 aromatic carbocycles. The number of amides is 2. The molecule has 0 unspecified atom stereocenters. The van der Waals surface area contributed by atoms with Gasteiger partial charge in [0.1, 0.15) is 0 Å². The number of carbonyl (C=O) groups is 2. The Morgan fingerprint density at radius 1 is 0.591 bits per heavy atom. The molecule has 4 nitrogen and oxygen atoms in total. The van der Waals surface area contributed by atoms with Gasteiger partial charge in [0.2, 0.25) is 11.8 Å². The van der Waals surface area contributed by atoms with Gasteiger partial charge in [-0.05, 0) is 25.7 Å². The maximum absolute atomic E-state index is 11.6. The topological polar surface area (TPSA) is 58.2 Å². The van der Waals surface area contributed by atoms with Crippen LogP contribution in [0.5, 0.6) is 0 Å². The molecule has 130 valence electrons. The highest BCUT2D eigenvalue weighted by Gasteiger charge is 2.03. The summed E-state index contributed by atoms with van der Waals surface area (Å²) >= 11 is 0. The molecule has 2 amide bonds. The third-order valence-electron chi connectivity index (χ3n) is 3.76. The van der Waals surface area contributed by atoms with E-state index in [0.717, 1.165) is 38.8 Å². The number of hydrogen-bond donors (Lipinski definition) is 2. The Labute approximate surface area is 136 Å². The van der Waals surface area contributed by atoms with E-state index in [2.05, 4.69) is 24.5 Å². The van der Waals surface area contributed by atoms with Crippen LogP contribution in [-0.2, 0) is 9.59 Å². The van der Waals surface area contributed by atoms with Crippen molar-refractivity contribution in [2.24, 2.45) is 0 Å². The molecule has 0 aromatic rings. The van der Waals surface area contributed by atoms with Crippen molar-refractivity contribution < 1.29 is 9.59 Å². The fraction of sp³-hybridized carbons (Fsp3) is 0.889. The summed E-state index contributed by atoms with van der Waals surface area (Å²) in [5.41, 5.74) is 0. The van der Waals surface area contributed by atoms with Crippen molar-refractivity contribution in [2.75, 3.05) is 13.1 Å². The van der Waals surface area contributed by atoms with Gasteiger partial charge >= 0.3 is 0 Å². The summed E-state index contributed by atoms with van der Waals surface area (Å²) in [6.45, 7) is 5.94. The van der Waals surface area contributed by atoms with Crippen LogP contribution in [0.1, 0.15) is 90.9 Å². The lowest BCUT2D eigenvalue weighted by Gasteiger charge is -2.06. The Morgan fingerprint density at radius 3 is 1.36 bits per heavy atom. The molecule has 0 aliphatic heterocycles. The van der Waals surface area contributed by atoms with Gasteiger partial charge in [0, 0.05) is 25.9 Å². The minimum atomic E-state index is 0.122. The quantitative estimate of drug-likeness (QED) is 0.450. The van der Waals surface area contributed by atoms with E-state index in [1.165, 1.54) is 38.5 Å². The molecule has 4 heteroatoms. The van der Waals surface area contributed by atoms with E-state index in [0.29, 0.717) is 12.8 Å². The molecule has 0 aromatic heterocycles. The van der Waals surface area contributed by atoms with E-state index in [1.807, 2.05) is 0 Å². The summed E-state index contributed by atoms with van der Waals surface area (Å²) in [4.78, 5) is 23.2. The van der Waals surface area contributed by atoms with Crippen LogP contribution in [-0.4, -0.2) is 24.9 Å². The van der Waals surface area contributed by atoms with Crippen molar-refractivity contribution in [2.45, 2.75) is 90.9 Å². The molecule has 2 N–H and O–H groups in total. The second kappa shape index (κ2) is 16.3. The zero-order valence-corrected chi connectivity index (χ0v) is 14.7. The number of rotatable bonds is 15. The Kier molecular flexibility index (Phi) is 15.5. The highest BCUT2D eigenvalue weighted by Crippen LogP contribution is 2.02. The average Bonchev–Trinajstić information content (AvgIpc) is 2.51. The Bertz CT molecular complexity index is 252. The number of nitrogens with one attached hydrogen (secondary N) is 2. The van der Waals surface area contributed by atoms with E-state index >= 15 is 0 Å². The maximum atomic E-state index is 11.6. The Morgan fingerprint density at radius 2 is 1.00 bits per heavy atom. The first kappa shape index (κ1) is 20.9. The van der Waals surface area contributed by atoms with Gasteiger partial charge < -0.3 is 10.6 Å². The molecular formula is C18H36N2O2. The van der Waals surface area contributed by atoms with Crippen molar-refractivity contribution in [3.8, 4) is 0 Å². The largest absolute Gasteiger partial charge is 0.356 e. The van der Waals surface area contributed by atoms with Gasteiger partial charge in [-0.3, -0.25) is 9.59 Å². The summed E-state index contributed by atoms with van der Waals surface area (Å²) in [6.07, 6.45) is 12.1. The minimum Gasteiger partial charge on any atom is -0.356 e. The minimum absolute atomic E-state index is 0.122. The summed E-state index contributed by atoms with van der Waals surface area (Å²) in [5, 5.41) is 5.89. The van der Waals surface area contributed by atoms with Crippen molar-refractivity contribution in [3.05, 3.63) is 0 Å². The number of unbranched alkanes of at least 4 members (excludes halogenated alkanes) is 7. The molecule has 0 aliphatic rings. The fourth-order valence-electron chi connectivity index (χ4n) is 2.31. The molecule has 0 atom stereocenters. The van der Waals surface area contributed by atoms with E-state index < -0.39 is 0 Å². The molecule has 0 saturated carbocycles. The molecule has 0 bridgehead atoms. The van der Waals surface area contributed by atoms with Crippen molar-refractivity contribution in [3.63, 3.8) is 0 Å². The van der Waals surface area contributed by atoms with E-state index in [1.54, 1.807) is 0 Å². The van der Waals surface area contributed by atoms with Crippen molar-refractivity contribution >= 4 is 11.8 Å². The molecule has 0 radical (unpaired) electrons. The number of hydrogen-bond acceptors (Lipinski definition) is 2. The predicted octanol–water partition coefficient (Wildman–Crippen LogP) is 3.94. The summed E-state index contributed by atoms with van der Waals surface area (Å²) in [6, 6.07) is 0. The van der Waals surface area contributed by atoms with Crippen LogP contribution >= 0.6 is 0 Å². The van der Waals surface area contributed by atoms with Gasteiger partial charge in [0.05, 0.1) is 0 Å². The molecule has 0 rings (SSSR count). The van der Waals surface area contributed by atoms with Gasteiger partial charge in [-0.25, -0.2) is 0 Å². The normalized spacial score (nSPS) is 10.5. The maximum Gasteiger partial charge on any atom is 0.219 e. The van der Waals surface area contributed by atoms with Crippen molar-refractivity contribution in [1.82, 2.24) is 10.6 Å². The first-order valence-corrected chi connectivity index (χ1v) is 9.24. The summed E-state index contributed by atoms with van der Waals surface area (Å²) in [5.74, 6) is 0.243. The standard InChI is InChI=1S/C18H36N2O2/c1-3-5-7-11-15-19-17(21)13-9-10-14-18(22)20-16-12-8-6-4-2/h3-16H2,1-2H3,(H,19,21)(H,20,22). The third-order valence-corrected chi connectivity index (χ3v) is 3.76. The lowest BCUT2D eigenvalue weighted by Crippen LogP contribution is -2.25. The van der Waals surface area contributed by atoms with Crippen LogP contribution in [0.25, 0.3) is 0 Å². The number of carbonyl (C=O) groups excluding carboxylic acids is 2. The van der Waals surface area contributed by atoms with Gasteiger partial charge in [-0.2, -0.15) is 0 Å². The Hall–Kier alpha value is -1.06. The molecular weight excluding hydrogens is 276 g/mol. The second-order valence-electron chi connectivity index (χ2n) is 6.03. The Balaban J connectivity index is 3.32. The third kappa shape index (κ3) is 15.3. The molecule has 0 spiro atoms. The van der Waals surface area contributed by atoms with E-state index in [4.69, 9.17) is 0 Å². The lowest BCUT2D eigenvalue weighted by molar-refractivity contribution is -0.123. The van der Waals surface area contributed by atoms with Gasteiger partial charge in [0.25, 0.3) is 0 Å². The zero-order chi connectivity index (χ0) is 16.5. The van der Waals surface area contributed by atoms with Crippen LogP contribution in [0.3, 0.4) is 0 Å². The molecule has 0 aliphatic carbocycles. The van der Waals surface area contributed by atoms with Gasteiger partial charge in [-0.1, -0.05) is 52.4 Å². The highest BCUT2D eigenvalue weighted by atomic mass is 16.2. The lowest BCUT2D eigenvalue weighted by atomic mass is 10.1. The van der Waals surface area contributed by atoms with Gasteiger partial charge in [-0.15, -0.1) is 0 Å². The predicted molar refractivity (Wildman–Crippen MR) is 92.8 cm³/mol. The second-order valence-corrected chi connectivity index (χ2v) is 6.03. The molecule has 0 saturated heterocycles. The first-order chi connectivity index (χ1) is 10.7. The molecule has 0 heterocycles. The fourth-order valence-corrected chi connectivity index (χ4v) is 2.31. The monoisotopic (exact) mass is 312 g/mol. The van der Waals surface area contributed by atoms with Crippen molar-refractivity contribution in [1.29, 1.82) is 0 Å². The summed E-state index contributed by atoms with van der Waals surface area (Å²) in [7, 11) is 0. The van der Waals surface area contributed by atoms with E-state index in [-0.39, 0.29) is 11.8 Å². The smallest absolute Gasteiger partial charge is 0.219 e. The zero-order valence-electron chi connectivity index (χ0n) is 14.7. The van der Waals surface area contributed by atoms with Crippen LogP contribution in [0, 0.1) is 0 Å². The van der Waals surface area contributed by atoms with E-state index in [9.17, 15) is 9.59 Å². The average molecular weight is 312 g/mol. The van der Waals surface area contributed by atoms with Crippen LogP contribution < -0.4 is 10.6 Å². The SMILES string of the molecule is CCCCCCNC(=O)CCCCC(=O)NCCCCCC. The van der Waals surface area contributed by atoms with Gasteiger partial charge in [0.15, 0.2) is 0 Å². The highest BCUT2D eigenvalue weighted by molar-refractivity contribution is 5.77.